The van der Waals surface area contributed by atoms with Crippen LogP contribution in [0.3, 0.4) is 0 Å². The third kappa shape index (κ3) is 4.62. The fraction of sp³-hybridized carbons (Fsp3) is 0. The summed E-state index contributed by atoms with van der Waals surface area (Å²) >= 11 is 1.83. The molecule has 0 N–H and O–H groups in total. The SMILES string of the molecule is c1ccc(-c2ccccc2-c2cc(-c3ccc4c(c3)sc3ccccc34)nc(-c3c4ccccc4cc4c3ccc3ccccc34)n2)cc1. The van der Waals surface area contributed by atoms with Crippen molar-refractivity contribution < 1.29 is 0 Å². The fourth-order valence-corrected chi connectivity index (χ4v) is 8.51. The second kappa shape index (κ2) is 11.2. The molecule has 0 aliphatic heterocycles. The molecule has 2 heterocycles. The standard InChI is InChI=1S/C46H28N2S/c1-2-12-29(13-3-1)33-16-8-9-19-36(33)42-28-41(32-23-24-38-37-20-10-11-21-43(37)49-44(38)27-32)47-46(48-42)45-35-18-7-5-15-31(35)26-40-34-17-6-4-14-30(34)22-25-39(40)45/h1-28H. The lowest BCUT2D eigenvalue weighted by Crippen LogP contribution is -1.98. The van der Waals surface area contributed by atoms with Crippen molar-refractivity contribution in [3.8, 4) is 45.0 Å². The van der Waals surface area contributed by atoms with Gasteiger partial charge in [-0.15, -0.1) is 11.3 Å². The molecule has 10 aromatic rings. The van der Waals surface area contributed by atoms with Crippen LogP contribution in [0.15, 0.2) is 170 Å². The fourth-order valence-electron chi connectivity index (χ4n) is 7.37. The molecular formula is C46H28N2S. The van der Waals surface area contributed by atoms with E-state index in [1.165, 1.54) is 41.7 Å². The van der Waals surface area contributed by atoms with E-state index in [-0.39, 0.29) is 0 Å². The Morgan fingerprint density at radius 3 is 1.88 bits per heavy atom. The van der Waals surface area contributed by atoms with Crippen LogP contribution in [0.2, 0.25) is 0 Å². The predicted molar refractivity (Wildman–Crippen MR) is 209 cm³/mol. The highest BCUT2D eigenvalue weighted by Gasteiger charge is 2.19. The summed E-state index contributed by atoms with van der Waals surface area (Å²) in [5.74, 6) is 0.726. The largest absolute Gasteiger partial charge is 0.228 e. The molecule has 0 atom stereocenters. The van der Waals surface area contributed by atoms with Crippen LogP contribution in [0.4, 0.5) is 0 Å². The maximum absolute atomic E-state index is 5.45. The molecule has 2 nitrogen and oxygen atoms in total. The van der Waals surface area contributed by atoms with Crippen LogP contribution in [0.1, 0.15) is 0 Å². The molecule has 2 aromatic heterocycles. The zero-order chi connectivity index (χ0) is 32.3. The summed E-state index contributed by atoms with van der Waals surface area (Å²) in [5.41, 5.74) is 7.33. The summed E-state index contributed by atoms with van der Waals surface area (Å²) in [4.78, 5) is 10.9. The van der Waals surface area contributed by atoms with Gasteiger partial charge in [0.25, 0.3) is 0 Å². The van der Waals surface area contributed by atoms with Gasteiger partial charge in [0.05, 0.1) is 11.4 Å². The lowest BCUT2D eigenvalue weighted by molar-refractivity contribution is 1.19. The molecule has 3 heteroatoms. The van der Waals surface area contributed by atoms with Crippen LogP contribution in [0.25, 0.3) is 97.5 Å². The van der Waals surface area contributed by atoms with Gasteiger partial charge < -0.3 is 0 Å². The number of benzene rings is 8. The first kappa shape index (κ1) is 27.9. The summed E-state index contributed by atoms with van der Waals surface area (Å²) in [5, 5.41) is 9.70. The molecule has 0 unspecified atom stereocenters. The molecule has 228 valence electrons. The summed E-state index contributed by atoms with van der Waals surface area (Å²) in [6, 6.07) is 60.8. The molecule has 0 aliphatic carbocycles. The van der Waals surface area contributed by atoms with E-state index < -0.39 is 0 Å². The highest BCUT2D eigenvalue weighted by molar-refractivity contribution is 7.25. The van der Waals surface area contributed by atoms with Crippen LogP contribution in [0, 0.1) is 0 Å². The average molecular weight is 641 g/mol. The Morgan fingerprint density at radius 2 is 1.00 bits per heavy atom. The van der Waals surface area contributed by atoms with Crippen molar-refractivity contribution >= 4 is 63.8 Å². The normalized spacial score (nSPS) is 11.7. The van der Waals surface area contributed by atoms with Gasteiger partial charge in [0.1, 0.15) is 0 Å². The van der Waals surface area contributed by atoms with Crippen molar-refractivity contribution in [1.29, 1.82) is 0 Å². The quantitative estimate of drug-likeness (QED) is 0.141. The summed E-state index contributed by atoms with van der Waals surface area (Å²) in [6.45, 7) is 0. The minimum atomic E-state index is 0.726. The molecule has 0 aliphatic rings. The second-order valence-electron chi connectivity index (χ2n) is 12.5. The van der Waals surface area contributed by atoms with Gasteiger partial charge in [-0.3, -0.25) is 0 Å². The van der Waals surface area contributed by atoms with Crippen LogP contribution in [0.5, 0.6) is 0 Å². The third-order valence-corrected chi connectivity index (χ3v) is 10.8. The zero-order valence-electron chi connectivity index (χ0n) is 26.5. The number of aromatic nitrogens is 2. The minimum Gasteiger partial charge on any atom is -0.228 e. The Hall–Kier alpha value is -6.16. The van der Waals surface area contributed by atoms with Crippen LogP contribution in [-0.4, -0.2) is 9.97 Å². The highest BCUT2D eigenvalue weighted by Crippen LogP contribution is 2.42. The zero-order valence-corrected chi connectivity index (χ0v) is 27.3. The summed E-state index contributed by atoms with van der Waals surface area (Å²) < 4.78 is 2.55. The Labute approximate surface area is 287 Å². The van der Waals surface area contributed by atoms with Gasteiger partial charge in [0.15, 0.2) is 5.82 Å². The molecule has 0 bridgehead atoms. The first-order chi connectivity index (χ1) is 24.3. The lowest BCUT2D eigenvalue weighted by Gasteiger charge is -2.16. The highest BCUT2D eigenvalue weighted by atomic mass is 32.1. The first-order valence-electron chi connectivity index (χ1n) is 16.6. The number of hydrogen-bond acceptors (Lipinski definition) is 3. The van der Waals surface area contributed by atoms with Gasteiger partial charge in [0.2, 0.25) is 0 Å². The molecule has 10 rings (SSSR count). The van der Waals surface area contributed by atoms with E-state index in [0.717, 1.165) is 55.8 Å². The smallest absolute Gasteiger partial charge is 0.161 e. The molecule has 49 heavy (non-hydrogen) atoms. The lowest BCUT2D eigenvalue weighted by atomic mass is 9.92. The van der Waals surface area contributed by atoms with Crippen molar-refractivity contribution in [2.75, 3.05) is 0 Å². The Morgan fingerprint density at radius 1 is 0.347 bits per heavy atom. The molecule has 0 radical (unpaired) electrons. The molecular weight excluding hydrogens is 613 g/mol. The molecule has 8 aromatic carbocycles. The van der Waals surface area contributed by atoms with Crippen molar-refractivity contribution in [3.63, 3.8) is 0 Å². The van der Waals surface area contributed by atoms with Gasteiger partial charge in [-0.2, -0.15) is 0 Å². The Kier molecular flexibility index (Phi) is 6.39. The van der Waals surface area contributed by atoms with E-state index in [4.69, 9.17) is 9.97 Å². The van der Waals surface area contributed by atoms with Crippen molar-refractivity contribution in [1.82, 2.24) is 9.97 Å². The average Bonchev–Trinajstić information content (AvgIpc) is 3.55. The molecule has 0 spiro atoms. The minimum absolute atomic E-state index is 0.726. The second-order valence-corrected chi connectivity index (χ2v) is 13.6. The first-order valence-corrected chi connectivity index (χ1v) is 17.4. The van der Waals surface area contributed by atoms with Crippen LogP contribution >= 0.6 is 11.3 Å². The van der Waals surface area contributed by atoms with Crippen molar-refractivity contribution in [2.45, 2.75) is 0 Å². The van der Waals surface area contributed by atoms with Crippen LogP contribution < -0.4 is 0 Å². The van der Waals surface area contributed by atoms with Crippen LogP contribution in [-0.2, 0) is 0 Å². The van der Waals surface area contributed by atoms with E-state index >= 15 is 0 Å². The number of hydrogen-bond donors (Lipinski definition) is 0. The van der Waals surface area contributed by atoms with Gasteiger partial charge in [0, 0.05) is 36.9 Å². The molecule has 0 saturated carbocycles. The Bertz CT molecular complexity index is 2890. The van der Waals surface area contributed by atoms with Gasteiger partial charge in [-0.05, 0) is 67.7 Å². The number of nitrogens with zero attached hydrogens (tertiary/aromatic N) is 2. The topological polar surface area (TPSA) is 25.8 Å². The number of thiophene rings is 1. The third-order valence-electron chi connectivity index (χ3n) is 9.68. The van der Waals surface area contributed by atoms with Crippen molar-refractivity contribution in [3.05, 3.63) is 170 Å². The Balaban J connectivity index is 1.29. The number of rotatable bonds is 4. The number of fused-ring (bicyclic) bond motifs is 7. The van der Waals surface area contributed by atoms with Gasteiger partial charge in [-0.25, -0.2) is 9.97 Å². The van der Waals surface area contributed by atoms with E-state index in [9.17, 15) is 0 Å². The van der Waals surface area contributed by atoms with Gasteiger partial charge in [-0.1, -0.05) is 146 Å². The van der Waals surface area contributed by atoms with E-state index in [2.05, 4.69) is 170 Å². The molecule has 0 fully saturated rings. The molecule has 0 amide bonds. The van der Waals surface area contributed by atoms with E-state index in [1.54, 1.807) is 0 Å². The van der Waals surface area contributed by atoms with Gasteiger partial charge >= 0.3 is 0 Å². The van der Waals surface area contributed by atoms with E-state index in [1.807, 2.05) is 11.3 Å². The maximum Gasteiger partial charge on any atom is 0.161 e. The monoisotopic (exact) mass is 640 g/mol. The summed E-state index contributed by atoms with van der Waals surface area (Å²) in [6.07, 6.45) is 0. The van der Waals surface area contributed by atoms with Crippen molar-refractivity contribution in [2.24, 2.45) is 0 Å². The maximum atomic E-state index is 5.45. The molecule has 0 saturated heterocycles. The summed E-state index contributed by atoms with van der Waals surface area (Å²) in [7, 11) is 0. The predicted octanol–water partition coefficient (Wildman–Crippen LogP) is 13.0. The van der Waals surface area contributed by atoms with E-state index in [0.29, 0.717) is 0 Å².